The van der Waals surface area contributed by atoms with Gasteiger partial charge < -0.3 is 10.0 Å². The molecule has 14 heteroatoms. The highest BCUT2D eigenvalue weighted by molar-refractivity contribution is 5.89. The number of carbonyl (C=O) groups is 1. The van der Waals surface area contributed by atoms with Gasteiger partial charge in [0.05, 0.1) is 11.1 Å². The summed E-state index contributed by atoms with van der Waals surface area (Å²) in [5.41, 5.74) is -3.44. The molecule has 2 aromatic rings. The molecular weight excluding hydrogens is 470 g/mol. The lowest BCUT2D eigenvalue weighted by Gasteiger charge is -2.32. The zero-order valence-corrected chi connectivity index (χ0v) is 18.2. The summed E-state index contributed by atoms with van der Waals surface area (Å²) in [6, 6.07) is 1.07. The fraction of sp³-hybridized carbons (Fsp3) is 0.450. The highest BCUT2D eigenvalue weighted by Gasteiger charge is 2.37. The van der Waals surface area contributed by atoms with E-state index in [1.165, 1.54) is 16.2 Å². The van der Waals surface area contributed by atoms with Crippen LogP contribution < -0.4 is 0 Å². The topological polar surface area (TPSA) is 77.7 Å². The Labute approximate surface area is 190 Å². The zero-order valence-electron chi connectivity index (χ0n) is 18.2. The molecule has 1 N–H and O–H groups in total. The number of hydrogen-bond donors (Lipinski definition) is 1. The first-order valence-corrected chi connectivity index (χ1v) is 10.1. The minimum Gasteiger partial charge on any atom is -0.375 e. The number of carbonyl (C=O) groups excluding carboxylic acids is 1. The highest BCUT2D eigenvalue weighted by Crippen LogP contribution is 2.38. The standard InChI is InChI=1S/C20H22F6N6O2/c1-29(2)11-17(34)32-6-3-5-31(32)16(33)4-7-30-12-27-18(28-30)13-8-14(19(21,22)23)10-15(9-13)20(24,25)26/h4,7-10,12,17,34H,3,5-6,11H2,1-2H3/b7-4-. The molecule has 1 amide bonds. The number of halogens is 6. The molecule has 34 heavy (non-hydrogen) atoms. The molecular formula is C20H22F6N6O2. The van der Waals surface area contributed by atoms with Gasteiger partial charge in [-0.1, -0.05) is 0 Å². The van der Waals surface area contributed by atoms with Crippen LogP contribution in [0.1, 0.15) is 17.5 Å². The van der Waals surface area contributed by atoms with Crippen molar-refractivity contribution in [2.24, 2.45) is 0 Å². The van der Waals surface area contributed by atoms with Crippen LogP contribution in [0.3, 0.4) is 0 Å². The molecule has 0 bridgehead atoms. The van der Waals surface area contributed by atoms with Crippen LogP contribution in [-0.4, -0.2) is 80.7 Å². The summed E-state index contributed by atoms with van der Waals surface area (Å²) in [5, 5.41) is 17.0. The predicted octanol–water partition coefficient (Wildman–Crippen LogP) is 2.78. The van der Waals surface area contributed by atoms with E-state index in [-0.39, 0.29) is 11.9 Å². The molecule has 3 rings (SSSR count). The zero-order chi connectivity index (χ0) is 25.3. The van der Waals surface area contributed by atoms with Gasteiger partial charge in [-0.25, -0.2) is 9.67 Å². The maximum absolute atomic E-state index is 13.1. The van der Waals surface area contributed by atoms with Gasteiger partial charge in [-0.05, 0) is 38.7 Å². The Hall–Kier alpha value is -2.97. The number of hydrogen-bond acceptors (Lipinski definition) is 6. The lowest BCUT2D eigenvalue weighted by molar-refractivity contribution is -0.157. The second kappa shape index (κ2) is 9.72. The van der Waals surface area contributed by atoms with Crippen LogP contribution in [0.15, 0.2) is 30.6 Å². The number of likely N-dealkylation sites (N-methyl/N-ethyl adjacent to an activating group) is 1. The molecule has 0 spiro atoms. The minimum atomic E-state index is -5.00. The van der Waals surface area contributed by atoms with Crippen molar-refractivity contribution in [3.63, 3.8) is 0 Å². The average Bonchev–Trinajstić information content (AvgIpc) is 3.40. The number of aliphatic hydroxyl groups excluding tert-OH is 1. The number of nitrogens with zero attached hydrogens (tertiary/aromatic N) is 6. The minimum absolute atomic E-state index is 0.0194. The lowest BCUT2D eigenvalue weighted by Crippen LogP contribution is -2.50. The van der Waals surface area contributed by atoms with E-state index in [1.807, 2.05) is 0 Å². The highest BCUT2D eigenvalue weighted by atomic mass is 19.4. The number of benzene rings is 1. The van der Waals surface area contributed by atoms with E-state index in [0.29, 0.717) is 38.2 Å². The van der Waals surface area contributed by atoms with E-state index in [9.17, 15) is 36.2 Å². The molecule has 1 aliphatic heterocycles. The van der Waals surface area contributed by atoms with Crippen molar-refractivity contribution in [3.8, 4) is 11.4 Å². The summed E-state index contributed by atoms with van der Waals surface area (Å²) in [4.78, 5) is 18.1. The van der Waals surface area contributed by atoms with Crippen molar-refractivity contribution in [1.29, 1.82) is 0 Å². The number of alkyl halides is 6. The molecule has 1 atom stereocenters. The van der Waals surface area contributed by atoms with Crippen LogP contribution in [0.4, 0.5) is 26.3 Å². The van der Waals surface area contributed by atoms with Crippen LogP contribution in [0.5, 0.6) is 0 Å². The van der Waals surface area contributed by atoms with Crippen molar-refractivity contribution < 1.29 is 36.2 Å². The Kier molecular flexibility index (Phi) is 7.33. The normalized spacial score (nSPS) is 16.7. The Morgan fingerprint density at radius 1 is 1.12 bits per heavy atom. The van der Waals surface area contributed by atoms with Gasteiger partial charge in [-0.15, -0.1) is 5.10 Å². The van der Waals surface area contributed by atoms with E-state index < -0.39 is 41.2 Å². The summed E-state index contributed by atoms with van der Waals surface area (Å²) < 4.78 is 79.5. The second-order valence-electron chi connectivity index (χ2n) is 7.88. The summed E-state index contributed by atoms with van der Waals surface area (Å²) >= 11 is 0. The molecule has 0 saturated carbocycles. The molecule has 1 aliphatic rings. The van der Waals surface area contributed by atoms with Crippen LogP contribution in [0.25, 0.3) is 17.6 Å². The molecule has 1 aromatic carbocycles. The second-order valence-corrected chi connectivity index (χ2v) is 7.88. The molecule has 1 saturated heterocycles. The van der Waals surface area contributed by atoms with Crippen LogP contribution in [-0.2, 0) is 17.1 Å². The monoisotopic (exact) mass is 492 g/mol. The van der Waals surface area contributed by atoms with E-state index in [4.69, 9.17) is 0 Å². The molecule has 186 valence electrons. The van der Waals surface area contributed by atoms with Gasteiger partial charge in [0.1, 0.15) is 12.6 Å². The van der Waals surface area contributed by atoms with Gasteiger partial charge in [0.25, 0.3) is 5.91 Å². The first-order valence-electron chi connectivity index (χ1n) is 10.1. The summed E-state index contributed by atoms with van der Waals surface area (Å²) in [6.45, 7) is 1.15. The van der Waals surface area contributed by atoms with Gasteiger partial charge in [0, 0.05) is 37.5 Å². The van der Waals surface area contributed by atoms with Crippen LogP contribution >= 0.6 is 0 Å². The molecule has 2 heterocycles. The van der Waals surface area contributed by atoms with Crippen molar-refractivity contribution in [3.05, 3.63) is 41.7 Å². The fourth-order valence-electron chi connectivity index (χ4n) is 3.39. The molecule has 8 nitrogen and oxygen atoms in total. The molecule has 1 fully saturated rings. The Morgan fingerprint density at radius 2 is 1.74 bits per heavy atom. The van der Waals surface area contributed by atoms with E-state index in [0.717, 1.165) is 17.1 Å². The van der Waals surface area contributed by atoms with Crippen LogP contribution in [0, 0.1) is 0 Å². The third-order valence-electron chi connectivity index (χ3n) is 4.92. The van der Waals surface area contributed by atoms with Crippen molar-refractivity contribution in [2.75, 3.05) is 33.7 Å². The molecule has 0 aliphatic carbocycles. The summed E-state index contributed by atoms with van der Waals surface area (Å²) in [5.74, 6) is -0.858. The van der Waals surface area contributed by atoms with Crippen molar-refractivity contribution in [2.45, 2.75) is 25.0 Å². The Balaban J connectivity index is 1.80. The van der Waals surface area contributed by atoms with Gasteiger partial charge in [0.2, 0.25) is 0 Å². The Morgan fingerprint density at radius 3 is 2.29 bits per heavy atom. The van der Waals surface area contributed by atoms with Crippen LogP contribution in [0.2, 0.25) is 0 Å². The fourth-order valence-corrected chi connectivity index (χ4v) is 3.39. The SMILES string of the molecule is CN(C)CC(O)N1CCCN1C(=O)/C=C\n1cnc(-c2cc(C(F)(F)F)cc(C(F)(F)F)c2)n1. The number of hydrazine groups is 1. The summed E-state index contributed by atoms with van der Waals surface area (Å²) in [6.07, 6.45) is -6.91. The van der Waals surface area contributed by atoms with Gasteiger partial charge >= 0.3 is 12.4 Å². The summed E-state index contributed by atoms with van der Waals surface area (Å²) in [7, 11) is 3.55. The maximum Gasteiger partial charge on any atom is 0.416 e. The number of amides is 1. The number of rotatable bonds is 6. The molecule has 0 radical (unpaired) electrons. The van der Waals surface area contributed by atoms with E-state index >= 15 is 0 Å². The van der Waals surface area contributed by atoms with Gasteiger partial charge in [-0.3, -0.25) is 9.80 Å². The quantitative estimate of drug-likeness (QED) is 0.494. The smallest absolute Gasteiger partial charge is 0.375 e. The predicted molar refractivity (Wildman–Crippen MR) is 108 cm³/mol. The third kappa shape index (κ3) is 6.12. The molecule has 1 unspecified atom stereocenters. The first kappa shape index (κ1) is 25.6. The van der Waals surface area contributed by atoms with Gasteiger partial charge in [0.15, 0.2) is 5.82 Å². The Bertz CT molecular complexity index is 1020. The van der Waals surface area contributed by atoms with Gasteiger partial charge in [-0.2, -0.15) is 31.4 Å². The maximum atomic E-state index is 13.1. The molecule has 1 aromatic heterocycles. The first-order chi connectivity index (χ1) is 15.8. The van der Waals surface area contributed by atoms with E-state index in [2.05, 4.69) is 10.1 Å². The van der Waals surface area contributed by atoms with E-state index in [1.54, 1.807) is 19.0 Å². The number of aromatic nitrogens is 3. The van der Waals surface area contributed by atoms with Crippen molar-refractivity contribution >= 4 is 12.1 Å². The van der Waals surface area contributed by atoms with Crippen molar-refractivity contribution in [1.82, 2.24) is 29.7 Å². The average molecular weight is 492 g/mol. The number of aliphatic hydroxyl groups is 1. The lowest BCUT2D eigenvalue weighted by atomic mass is 10.0. The largest absolute Gasteiger partial charge is 0.416 e. The third-order valence-corrected chi connectivity index (χ3v) is 4.92.